The van der Waals surface area contributed by atoms with Gasteiger partial charge in [0.1, 0.15) is 16.8 Å². The first-order valence-electron chi connectivity index (χ1n) is 11.0. The van der Waals surface area contributed by atoms with E-state index in [0.29, 0.717) is 24.4 Å². The molecule has 0 atom stereocenters. The average molecular weight is 443 g/mol. The second-order valence-corrected chi connectivity index (χ2v) is 8.80. The highest BCUT2D eigenvalue weighted by atomic mass is 19.1. The van der Waals surface area contributed by atoms with Crippen LogP contribution in [-0.2, 0) is 0 Å². The lowest BCUT2D eigenvalue weighted by molar-refractivity contribution is 0.0791. The number of pyridine rings is 1. The number of carbonyl (C=O) groups is 1. The van der Waals surface area contributed by atoms with Crippen LogP contribution < -0.4 is 15.1 Å². The molecule has 0 N–H and O–H groups in total. The molecule has 1 aromatic heterocycles. The topological polar surface area (TPSA) is 54.8 Å². The maximum absolute atomic E-state index is 15.3. The van der Waals surface area contributed by atoms with Crippen LogP contribution in [0, 0.1) is 5.82 Å². The summed E-state index contributed by atoms with van der Waals surface area (Å²) in [4.78, 5) is 30.1. The molecule has 0 saturated carbocycles. The number of nitrogens with zero attached hydrogens (tertiary/aromatic N) is 3. The highest BCUT2D eigenvalue weighted by Crippen LogP contribution is 2.47. The summed E-state index contributed by atoms with van der Waals surface area (Å²) in [6, 6.07) is 12.9. The number of ether oxygens (including phenoxy) is 1. The smallest absolute Gasteiger partial charge is 0.259 e. The molecular formula is C26H22FN3O3. The molecule has 0 radical (unpaired) electrons. The van der Waals surface area contributed by atoms with E-state index in [1.807, 2.05) is 41.0 Å². The molecule has 2 aliphatic heterocycles. The number of carbonyl (C=O) groups excluding carboxylic acids is 1. The largest absolute Gasteiger partial charge is 0.451 e. The van der Waals surface area contributed by atoms with Gasteiger partial charge in [-0.15, -0.1) is 0 Å². The van der Waals surface area contributed by atoms with Gasteiger partial charge in [-0.3, -0.25) is 9.59 Å². The Morgan fingerprint density at radius 2 is 1.82 bits per heavy atom. The fourth-order valence-corrected chi connectivity index (χ4v) is 5.02. The van der Waals surface area contributed by atoms with E-state index in [2.05, 4.69) is 0 Å². The van der Waals surface area contributed by atoms with E-state index in [4.69, 9.17) is 4.74 Å². The maximum Gasteiger partial charge on any atom is 0.259 e. The van der Waals surface area contributed by atoms with E-state index in [-0.39, 0.29) is 28.3 Å². The predicted octanol–water partition coefficient (Wildman–Crippen LogP) is 4.69. The van der Waals surface area contributed by atoms with Crippen molar-refractivity contribution < 1.29 is 13.9 Å². The number of halogens is 1. The van der Waals surface area contributed by atoms with Gasteiger partial charge in [0.05, 0.1) is 11.1 Å². The zero-order valence-electron chi connectivity index (χ0n) is 18.4. The minimum Gasteiger partial charge on any atom is -0.451 e. The van der Waals surface area contributed by atoms with Gasteiger partial charge < -0.3 is 19.1 Å². The molecule has 0 unspecified atom stereocenters. The number of rotatable bonds is 2. The minimum atomic E-state index is -0.568. The lowest BCUT2D eigenvalue weighted by atomic mass is 10.0. The summed E-state index contributed by atoms with van der Waals surface area (Å²) in [5.74, 6) is -0.0642. The van der Waals surface area contributed by atoms with E-state index in [0.717, 1.165) is 29.3 Å². The third kappa shape index (κ3) is 2.78. The minimum absolute atomic E-state index is 0.0492. The average Bonchev–Trinajstić information content (AvgIpc) is 3.34. The second kappa shape index (κ2) is 7.07. The Morgan fingerprint density at radius 1 is 1.06 bits per heavy atom. The maximum atomic E-state index is 15.3. The van der Waals surface area contributed by atoms with Crippen LogP contribution in [0.4, 0.5) is 10.1 Å². The molecule has 0 aliphatic carbocycles. The summed E-state index contributed by atoms with van der Waals surface area (Å²) < 4.78 is 23.3. The normalized spacial score (nSPS) is 14.5. The first-order valence-corrected chi connectivity index (χ1v) is 11.0. The molecule has 3 aromatic carbocycles. The van der Waals surface area contributed by atoms with E-state index in [1.165, 1.54) is 6.07 Å². The van der Waals surface area contributed by atoms with Gasteiger partial charge in [0, 0.05) is 38.8 Å². The lowest BCUT2D eigenvalue weighted by Gasteiger charge is -2.29. The van der Waals surface area contributed by atoms with Crippen molar-refractivity contribution in [1.29, 1.82) is 0 Å². The molecule has 0 spiro atoms. The van der Waals surface area contributed by atoms with Crippen LogP contribution in [-0.4, -0.2) is 42.6 Å². The van der Waals surface area contributed by atoms with Gasteiger partial charge in [-0.05, 0) is 30.4 Å². The predicted molar refractivity (Wildman–Crippen MR) is 127 cm³/mol. The summed E-state index contributed by atoms with van der Waals surface area (Å²) in [6.45, 7) is 1.25. The van der Waals surface area contributed by atoms with Crippen molar-refractivity contribution in [3.05, 3.63) is 70.3 Å². The summed E-state index contributed by atoms with van der Waals surface area (Å²) in [5.41, 5.74) is 1.03. The van der Waals surface area contributed by atoms with Crippen molar-refractivity contribution in [3.63, 3.8) is 0 Å². The summed E-state index contributed by atoms with van der Waals surface area (Å²) >= 11 is 0. The first kappa shape index (κ1) is 19.8. The molecule has 33 heavy (non-hydrogen) atoms. The third-order valence-electron chi connectivity index (χ3n) is 6.56. The molecule has 0 bridgehead atoms. The van der Waals surface area contributed by atoms with Crippen molar-refractivity contribution in [2.75, 3.05) is 32.1 Å². The van der Waals surface area contributed by atoms with Crippen LogP contribution in [0.3, 0.4) is 0 Å². The van der Waals surface area contributed by atoms with Crippen LogP contribution in [0.15, 0.2) is 53.5 Å². The Labute approximate surface area is 189 Å². The number of anilines is 1. The summed E-state index contributed by atoms with van der Waals surface area (Å²) in [6.07, 6.45) is 3.44. The lowest BCUT2D eigenvalue weighted by Crippen LogP contribution is -2.33. The summed E-state index contributed by atoms with van der Waals surface area (Å²) in [5, 5.41) is 2.05. The Hall–Kier alpha value is -3.87. The van der Waals surface area contributed by atoms with Crippen molar-refractivity contribution in [3.8, 4) is 17.2 Å². The zero-order valence-corrected chi connectivity index (χ0v) is 18.4. The van der Waals surface area contributed by atoms with Crippen molar-refractivity contribution in [2.45, 2.75) is 12.8 Å². The summed E-state index contributed by atoms with van der Waals surface area (Å²) in [7, 11) is 3.46. The number of hydrogen-bond donors (Lipinski definition) is 0. The van der Waals surface area contributed by atoms with Crippen molar-refractivity contribution in [1.82, 2.24) is 9.47 Å². The standard InChI is InChI=1S/C26H22FN3O3/c1-28(2)23-19(27)13-17-22-25(23)33-20-10-9-15-7-3-4-8-16(15)21(20)30(22)14-18(24(17)31)26(32)29-11-5-6-12-29/h3-4,7-10,13-14H,5-6,11-12H2,1-2H3. The van der Waals surface area contributed by atoms with Crippen molar-refractivity contribution >= 4 is 33.3 Å². The molecule has 1 amide bonds. The molecule has 1 saturated heterocycles. The van der Waals surface area contributed by atoms with Crippen LogP contribution in [0.5, 0.6) is 11.5 Å². The van der Waals surface area contributed by atoms with E-state index >= 15 is 4.39 Å². The third-order valence-corrected chi connectivity index (χ3v) is 6.56. The molecule has 6 nitrogen and oxygen atoms in total. The fourth-order valence-electron chi connectivity index (χ4n) is 5.02. The quantitative estimate of drug-likeness (QED) is 0.397. The Kier molecular flexibility index (Phi) is 4.24. The fraction of sp³-hybridized carbons (Fsp3) is 0.231. The number of hydrogen-bond acceptors (Lipinski definition) is 4. The van der Waals surface area contributed by atoms with E-state index < -0.39 is 11.2 Å². The molecule has 2 aliphatic rings. The van der Waals surface area contributed by atoms with Crippen LogP contribution in [0.25, 0.3) is 27.4 Å². The van der Waals surface area contributed by atoms with E-state index in [9.17, 15) is 9.59 Å². The van der Waals surface area contributed by atoms with Gasteiger partial charge in [-0.2, -0.15) is 0 Å². The SMILES string of the molecule is CN(C)c1c(F)cc2c(=O)c(C(=O)N3CCCC3)cn3c2c1Oc1ccc2ccccc2c1-3. The molecule has 6 rings (SSSR count). The Morgan fingerprint density at radius 3 is 2.58 bits per heavy atom. The Bertz CT molecular complexity index is 1530. The number of likely N-dealkylation sites (tertiary alicyclic amines) is 1. The van der Waals surface area contributed by atoms with Gasteiger partial charge in [-0.1, -0.05) is 30.3 Å². The number of fused-ring (bicyclic) bond motifs is 4. The monoisotopic (exact) mass is 443 g/mol. The van der Waals surface area contributed by atoms with Crippen LogP contribution in [0.2, 0.25) is 0 Å². The Balaban J connectivity index is 1.76. The van der Waals surface area contributed by atoms with Gasteiger partial charge in [0.15, 0.2) is 17.3 Å². The number of benzene rings is 3. The highest BCUT2D eigenvalue weighted by Gasteiger charge is 2.31. The molecule has 166 valence electrons. The van der Waals surface area contributed by atoms with Gasteiger partial charge in [0.25, 0.3) is 5.91 Å². The van der Waals surface area contributed by atoms with Crippen LogP contribution in [0.1, 0.15) is 23.2 Å². The van der Waals surface area contributed by atoms with E-state index in [1.54, 1.807) is 30.1 Å². The van der Waals surface area contributed by atoms with Crippen LogP contribution >= 0.6 is 0 Å². The molecule has 1 fully saturated rings. The number of amides is 1. The van der Waals surface area contributed by atoms with Gasteiger partial charge >= 0.3 is 0 Å². The number of aromatic nitrogens is 1. The first-order chi connectivity index (χ1) is 16.0. The molecular weight excluding hydrogens is 421 g/mol. The highest BCUT2D eigenvalue weighted by molar-refractivity contribution is 6.04. The zero-order chi connectivity index (χ0) is 22.9. The van der Waals surface area contributed by atoms with Gasteiger partial charge in [0.2, 0.25) is 5.43 Å². The van der Waals surface area contributed by atoms with Crippen molar-refractivity contribution in [2.24, 2.45) is 0 Å². The molecule has 4 aromatic rings. The van der Waals surface area contributed by atoms with Gasteiger partial charge in [-0.25, -0.2) is 4.39 Å². The molecule has 3 heterocycles. The second-order valence-electron chi connectivity index (χ2n) is 8.80. The molecule has 7 heteroatoms.